The van der Waals surface area contributed by atoms with Gasteiger partial charge in [-0.25, -0.2) is 4.79 Å². The van der Waals surface area contributed by atoms with E-state index in [0.717, 1.165) is 19.5 Å². The highest BCUT2D eigenvalue weighted by Gasteiger charge is 2.34. The van der Waals surface area contributed by atoms with Gasteiger partial charge in [0.15, 0.2) is 0 Å². The number of amides is 4. The molecule has 2 aliphatic heterocycles. The molecule has 2 unspecified atom stereocenters. The molecule has 112 valence electrons. The summed E-state index contributed by atoms with van der Waals surface area (Å²) in [6.45, 7) is 6.43. The van der Waals surface area contributed by atoms with E-state index in [0.29, 0.717) is 31.8 Å². The summed E-state index contributed by atoms with van der Waals surface area (Å²) in [5, 5.41) is 2.85. The predicted octanol–water partition coefficient (Wildman–Crippen LogP) is 0.823. The van der Waals surface area contributed by atoms with Crippen LogP contribution < -0.4 is 5.32 Å². The molecule has 6 nitrogen and oxygen atoms in total. The van der Waals surface area contributed by atoms with E-state index in [9.17, 15) is 14.4 Å². The van der Waals surface area contributed by atoms with Gasteiger partial charge >= 0.3 is 6.03 Å². The number of hydrogen-bond donors (Lipinski definition) is 1. The van der Waals surface area contributed by atoms with Gasteiger partial charge in [-0.2, -0.15) is 0 Å². The Balaban J connectivity index is 1.65. The summed E-state index contributed by atoms with van der Waals surface area (Å²) >= 11 is 0. The first-order chi connectivity index (χ1) is 9.49. The van der Waals surface area contributed by atoms with Crippen LogP contribution in [-0.4, -0.2) is 53.8 Å². The first-order valence-electron chi connectivity index (χ1n) is 7.36. The molecule has 0 spiro atoms. The van der Waals surface area contributed by atoms with Crippen LogP contribution in [0, 0.1) is 11.8 Å². The van der Waals surface area contributed by atoms with E-state index in [4.69, 9.17) is 0 Å². The van der Waals surface area contributed by atoms with Gasteiger partial charge in [0.1, 0.15) is 0 Å². The minimum Gasteiger partial charge on any atom is -0.338 e. The van der Waals surface area contributed by atoms with Crippen LogP contribution >= 0.6 is 0 Å². The van der Waals surface area contributed by atoms with Gasteiger partial charge in [0.05, 0.1) is 0 Å². The molecule has 4 amide bonds. The second-order valence-corrected chi connectivity index (χ2v) is 5.91. The summed E-state index contributed by atoms with van der Waals surface area (Å²) in [5.41, 5.74) is 0. The Morgan fingerprint density at radius 1 is 1.35 bits per heavy atom. The lowest BCUT2D eigenvalue weighted by Crippen LogP contribution is -2.40. The van der Waals surface area contributed by atoms with Gasteiger partial charge in [0.2, 0.25) is 11.8 Å². The fourth-order valence-electron chi connectivity index (χ4n) is 2.75. The first-order valence-corrected chi connectivity index (χ1v) is 7.36. The SMILES string of the molecule is CC1CCN(C(=O)NCCCN2C(=O)CC(C)C2=O)C1. The number of nitrogens with one attached hydrogen (secondary N) is 1. The Kier molecular flexibility index (Phi) is 4.62. The highest BCUT2D eigenvalue weighted by atomic mass is 16.2. The molecule has 2 atom stereocenters. The normalized spacial score (nSPS) is 26.5. The van der Waals surface area contributed by atoms with Crippen molar-refractivity contribution >= 4 is 17.8 Å². The molecular formula is C14H23N3O3. The topological polar surface area (TPSA) is 69.7 Å². The van der Waals surface area contributed by atoms with E-state index in [2.05, 4.69) is 12.2 Å². The number of rotatable bonds is 4. The third-order valence-electron chi connectivity index (χ3n) is 4.02. The number of carbonyl (C=O) groups excluding carboxylic acids is 3. The zero-order valence-corrected chi connectivity index (χ0v) is 12.2. The number of carbonyl (C=O) groups is 3. The molecule has 0 bridgehead atoms. The minimum atomic E-state index is -0.192. The summed E-state index contributed by atoms with van der Waals surface area (Å²) in [4.78, 5) is 38.2. The Morgan fingerprint density at radius 2 is 2.10 bits per heavy atom. The molecule has 20 heavy (non-hydrogen) atoms. The van der Waals surface area contributed by atoms with Crippen LogP contribution in [0.5, 0.6) is 0 Å². The van der Waals surface area contributed by atoms with Crippen LogP contribution in [0.2, 0.25) is 0 Å². The lowest BCUT2D eigenvalue weighted by Gasteiger charge is -2.18. The van der Waals surface area contributed by atoms with E-state index in [-0.39, 0.29) is 23.8 Å². The lowest BCUT2D eigenvalue weighted by atomic mass is 10.1. The van der Waals surface area contributed by atoms with Crippen LogP contribution in [0.1, 0.15) is 33.1 Å². The standard InChI is InChI=1S/C14H23N3O3/c1-10-4-7-16(9-10)14(20)15-5-3-6-17-12(18)8-11(2)13(17)19/h10-11H,3-9H2,1-2H3,(H,15,20). The summed E-state index contributed by atoms with van der Waals surface area (Å²) in [6.07, 6.45) is 1.98. The summed E-state index contributed by atoms with van der Waals surface area (Å²) in [5.74, 6) is 0.196. The van der Waals surface area contributed by atoms with Crippen molar-refractivity contribution in [3.8, 4) is 0 Å². The van der Waals surface area contributed by atoms with Gasteiger partial charge in [-0.3, -0.25) is 14.5 Å². The highest BCUT2D eigenvalue weighted by molar-refractivity contribution is 6.03. The van der Waals surface area contributed by atoms with E-state index in [1.54, 1.807) is 6.92 Å². The smallest absolute Gasteiger partial charge is 0.317 e. The van der Waals surface area contributed by atoms with Crippen molar-refractivity contribution in [1.82, 2.24) is 15.1 Å². The molecule has 2 aliphatic rings. The van der Waals surface area contributed by atoms with Crippen molar-refractivity contribution in [3.63, 3.8) is 0 Å². The summed E-state index contributed by atoms with van der Waals surface area (Å²) < 4.78 is 0. The van der Waals surface area contributed by atoms with E-state index in [1.165, 1.54) is 4.90 Å². The molecule has 1 N–H and O–H groups in total. The van der Waals surface area contributed by atoms with Gasteiger partial charge in [0, 0.05) is 38.5 Å². The van der Waals surface area contributed by atoms with Gasteiger partial charge in [-0.15, -0.1) is 0 Å². The maximum Gasteiger partial charge on any atom is 0.317 e. The number of likely N-dealkylation sites (tertiary alicyclic amines) is 2. The van der Waals surface area contributed by atoms with Crippen molar-refractivity contribution in [2.45, 2.75) is 33.1 Å². The number of hydrogen-bond acceptors (Lipinski definition) is 3. The van der Waals surface area contributed by atoms with Crippen molar-refractivity contribution in [3.05, 3.63) is 0 Å². The molecular weight excluding hydrogens is 258 g/mol. The van der Waals surface area contributed by atoms with Crippen LogP contribution in [-0.2, 0) is 9.59 Å². The molecule has 0 aromatic rings. The van der Waals surface area contributed by atoms with E-state index < -0.39 is 0 Å². The molecule has 0 saturated carbocycles. The van der Waals surface area contributed by atoms with Crippen LogP contribution in [0.3, 0.4) is 0 Å². The Bertz CT molecular complexity index is 410. The zero-order chi connectivity index (χ0) is 14.7. The van der Waals surface area contributed by atoms with Crippen molar-refractivity contribution in [2.75, 3.05) is 26.2 Å². The Labute approximate surface area is 119 Å². The van der Waals surface area contributed by atoms with E-state index >= 15 is 0 Å². The first kappa shape index (κ1) is 14.8. The number of urea groups is 1. The zero-order valence-electron chi connectivity index (χ0n) is 12.2. The Hall–Kier alpha value is -1.59. The molecule has 2 fully saturated rings. The molecule has 0 radical (unpaired) electrons. The maximum absolute atomic E-state index is 11.8. The number of imide groups is 1. The van der Waals surface area contributed by atoms with Crippen molar-refractivity contribution in [2.24, 2.45) is 11.8 Å². The molecule has 6 heteroatoms. The average molecular weight is 281 g/mol. The van der Waals surface area contributed by atoms with Crippen molar-refractivity contribution in [1.29, 1.82) is 0 Å². The van der Waals surface area contributed by atoms with Crippen LogP contribution in [0.4, 0.5) is 4.79 Å². The molecule has 2 heterocycles. The van der Waals surface area contributed by atoms with E-state index in [1.807, 2.05) is 4.90 Å². The highest BCUT2D eigenvalue weighted by Crippen LogP contribution is 2.18. The average Bonchev–Trinajstić information content (AvgIpc) is 2.92. The van der Waals surface area contributed by atoms with Gasteiger partial charge in [0.25, 0.3) is 0 Å². The third-order valence-corrected chi connectivity index (χ3v) is 4.02. The van der Waals surface area contributed by atoms with Gasteiger partial charge < -0.3 is 10.2 Å². The molecule has 2 saturated heterocycles. The molecule has 0 aliphatic carbocycles. The molecule has 0 aromatic heterocycles. The summed E-state index contributed by atoms with van der Waals surface area (Å²) in [6, 6.07) is -0.0400. The lowest BCUT2D eigenvalue weighted by molar-refractivity contribution is -0.139. The maximum atomic E-state index is 11.8. The monoisotopic (exact) mass is 281 g/mol. The largest absolute Gasteiger partial charge is 0.338 e. The predicted molar refractivity (Wildman–Crippen MR) is 73.9 cm³/mol. The fraction of sp³-hybridized carbons (Fsp3) is 0.786. The van der Waals surface area contributed by atoms with Crippen molar-refractivity contribution < 1.29 is 14.4 Å². The minimum absolute atomic E-state index is 0.0400. The van der Waals surface area contributed by atoms with Gasteiger partial charge in [-0.05, 0) is 18.8 Å². The quantitative estimate of drug-likeness (QED) is 0.613. The third kappa shape index (κ3) is 3.29. The Morgan fingerprint density at radius 3 is 2.65 bits per heavy atom. The molecule has 2 rings (SSSR count). The number of nitrogens with zero attached hydrogens (tertiary/aromatic N) is 2. The fourth-order valence-corrected chi connectivity index (χ4v) is 2.75. The summed E-state index contributed by atoms with van der Waals surface area (Å²) in [7, 11) is 0. The second kappa shape index (κ2) is 6.24. The molecule has 0 aromatic carbocycles. The van der Waals surface area contributed by atoms with Crippen LogP contribution in [0.15, 0.2) is 0 Å². The van der Waals surface area contributed by atoms with Gasteiger partial charge in [-0.1, -0.05) is 13.8 Å². The van der Waals surface area contributed by atoms with Crippen LogP contribution in [0.25, 0.3) is 0 Å². The second-order valence-electron chi connectivity index (χ2n) is 5.91.